The summed E-state index contributed by atoms with van der Waals surface area (Å²) in [5.74, 6) is -2.59. The fourth-order valence-electron chi connectivity index (χ4n) is 2.76. The molecule has 3 amide bonds. The second-order valence-corrected chi connectivity index (χ2v) is 7.00. The van der Waals surface area contributed by atoms with Gasteiger partial charge in [-0.05, 0) is 37.5 Å². The number of thiazole rings is 1. The summed E-state index contributed by atoms with van der Waals surface area (Å²) in [6.07, 6.45) is 1.81. The zero-order valence-corrected chi connectivity index (χ0v) is 14.6. The van der Waals surface area contributed by atoms with Crippen LogP contribution in [-0.4, -0.2) is 21.8 Å². The fourth-order valence-corrected chi connectivity index (χ4v) is 3.65. The molecule has 0 saturated carbocycles. The second-order valence-electron chi connectivity index (χ2n) is 6.06. The normalized spacial score (nSPS) is 20.2. The van der Waals surface area contributed by atoms with Gasteiger partial charge in [-0.1, -0.05) is 13.0 Å². The van der Waals surface area contributed by atoms with Crippen molar-refractivity contribution in [1.82, 2.24) is 15.2 Å². The number of hydrogen-bond donors (Lipinski definition) is 1. The number of aromatic nitrogens is 1. The molecule has 2 aromatic rings. The van der Waals surface area contributed by atoms with E-state index in [-0.39, 0.29) is 12.1 Å². The van der Waals surface area contributed by atoms with Crippen LogP contribution in [0.2, 0.25) is 0 Å². The van der Waals surface area contributed by atoms with Gasteiger partial charge in [-0.3, -0.25) is 9.69 Å². The molecule has 2 heterocycles. The van der Waals surface area contributed by atoms with Crippen molar-refractivity contribution in [3.05, 3.63) is 51.5 Å². The van der Waals surface area contributed by atoms with Crippen molar-refractivity contribution in [1.29, 1.82) is 0 Å². The van der Waals surface area contributed by atoms with Crippen LogP contribution in [0.4, 0.5) is 13.6 Å². The molecule has 1 atom stereocenters. The first kappa shape index (κ1) is 17.5. The van der Waals surface area contributed by atoms with Gasteiger partial charge in [0, 0.05) is 5.38 Å². The Kier molecular flexibility index (Phi) is 4.55. The largest absolute Gasteiger partial charge is 0.325 e. The van der Waals surface area contributed by atoms with E-state index in [1.54, 1.807) is 0 Å². The highest BCUT2D eigenvalue weighted by Gasteiger charge is 2.49. The summed E-state index contributed by atoms with van der Waals surface area (Å²) in [4.78, 5) is 30.5. The van der Waals surface area contributed by atoms with E-state index in [0.29, 0.717) is 5.69 Å². The molecule has 1 aromatic carbocycles. The molecule has 132 valence electrons. The summed E-state index contributed by atoms with van der Waals surface area (Å²) in [5, 5.41) is 5.34. The number of urea groups is 1. The lowest BCUT2D eigenvalue weighted by atomic mass is 9.92. The summed E-state index contributed by atoms with van der Waals surface area (Å²) >= 11 is 1.49. The third kappa shape index (κ3) is 3.13. The number of carbonyl (C=O) groups is 2. The van der Waals surface area contributed by atoms with Gasteiger partial charge in [0.1, 0.15) is 5.54 Å². The molecule has 1 N–H and O–H groups in total. The molecule has 0 radical (unpaired) electrons. The first-order valence-electron chi connectivity index (χ1n) is 7.88. The molecular weight excluding hydrogens is 348 g/mol. The minimum absolute atomic E-state index is 0.0458. The molecular formula is C17H17F2N3O2S. The summed E-state index contributed by atoms with van der Waals surface area (Å²) in [6, 6.07) is 2.58. The van der Waals surface area contributed by atoms with Gasteiger partial charge in [-0.2, -0.15) is 0 Å². The zero-order valence-electron chi connectivity index (χ0n) is 13.8. The summed E-state index contributed by atoms with van der Waals surface area (Å²) in [5.41, 5.74) is -0.614. The molecule has 1 aliphatic rings. The highest BCUT2D eigenvalue weighted by atomic mass is 32.1. The van der Waals surface area contributed by atoms with Gasteiger partial charge >= 0.3 is 6.03 Å². The summed E-state index contributed by atoms with van der Waals surface area (Å²) < 4.78 is 26.7. The number of amides is 3. The maximum Gasteiger partial charge on any atom is 0.325 e. The molecule has 0 spiro atoms. The Morgan fingerprint density at radius 2 is 2.04 bits per heavy atom. The maximum absolute atomic E-state index is 13.5. The number of benzene rings is 1. The minimum atomic E-state index is -1.44. The van der Waals surface area contributed by atoms with Gasteiger partial charge in [-0.15, -0.1) is 11.3 Å². The van der Waals surface area contributed by atoms with E-state index in [4.69, 9.17) is 0 Å². The smallest absolute Gasteiger partial charge is 0.319 e. The van der Waals surface area contributed by atoms with Crippen LogP contribution in [0.25, 0.3) is 0 Å². The van der Waals surface area contributed by atoms with E-state index in [9.17, 15) is 18.4 Å². The van der Waals surface area contributed by atoms with Crippen LogP contribution in [-0.2, 0) is 23.3 Å². The van der Waals surface area contributed by atoms with Crippen molar-refractivity contribution in [2.45, 2.75) is 38.8 Å². The monoisotopic (exact) mass is 365 g/mol. The second kappa shape index (κ2) is 6.51. The van der Waals surface area contributed by atoms with Crippen LogP contribution in [0, 0.1) is 11.6 Å². The van der Waals surface area contributed by atoms with Crippen molar-refractivity contribution in [2.75, 3.05) is 0 Å². The Morgan fingerprint density at radius 1 is 1.28 bits per heavy atom. The molecule has 1 fully saturated rings. The third-order valence-electron chi connectivity index (χ3n) is 4.16. The number of aryl methyl sites for hydroxylation is 1. The molecule has 1 saturated heterocycles. The lowest BCUT2D eigenvalue weighted by molar-refractivity contribution is -0.131. The SMILES string of the molecule is CCCc1nc(CN2C(=O)N[C@](C)(c3ccc(F)c(F)c3)C2=O)cs1. The number of nitrogens with zero attached hydrogens (tertiary/aromatic N) is 2. The topological polar surface area (TPSA) is 62.3 Å². The van der Waals surface area contributed by atoms with Crippen LogP contribution >= 0.6 is 11.3 Å². The van der Waals surface area contributed by atoms with Crippen molar-refractivity contribution in [2.24, 2.45) is 0 Å². The number of imide groups is 1. The van der Waals surface area contributed by atoms with Gasteiger partial charge < -0.3 is 5.32 Å². The summed E-state index contributed by atoms with van der Waals surface area (Å²) in [7, 11) is 0. The average molecular weight is 365 g/mol. The average Bonchev–Trinajstić information content (AvgIpc) is 3.09. The van der Waals surface area contributed by atoms with Crippen LogP contribution in [0.15, 0.2) is 23.6 Å². The molecule has 25 heavy (non-hydrogen) atoms. The Morgan fingerprint density at radius 3 is 2.72 bits per heavy atom. The molecule has 0 aliphatic carbocycles. The molecule has 1 aromatic heterocycles. The quantitative estimate of drug-likeness (QED) is 0.827. The summed E-state index contributed by atoms with van der Waals surface area (Å²) in [6.45, 7) is 3.57. The van der Waals surface area contributed by atoms with Gasteiger partial charge in [0.15, 0.2) is 11.6 Å². The van der Waals surface area contributed by atoms with E-state index < -0.39 is 29.1 Å². The predicted octanol–water partition coefficient (Wildman–Crippen LogP) is 3.34. The van der Waals surface area contributed by atoms with Crippen molar-refractivity contribution in [3.8, 4) is 0 Å². The Labute approximate surface area is 147 Å². The van der Waals surface area contributed by atoms with E-state index in [2.05, 4.69) is 10.3 Å². The molecule has 8 heteroatoms. The lowest BCUT2D eigenvalue weighted by Crippen LogP contribution is -2.41. The molecule has 0 bridgehead atoms. The van der Waals surface area contributed by atoms with Crippen molar-refractivity contribution < 1.29 is 18.4 Å². The van der Waals surface area contributed by atoms with Crippen molar-refractivity contribution >= 4 is 23.3 Å². The van der Waals surface area contributed by atoms with E-state index in [1.807, 2.05) is 12.3 Å². The standard InChI is InChI=1S/C17H17F2N3O2S/c1-3-4-14-20-11(9-25-14)8-22-15(23)17(2,21-16(22)24)10-5-6-12(18)13(19)7-10/h5-7,9H,3-4,8H2,1-2H3,(H,21,24)/t17-/m1/s1. The third-order valence-corrected chi connectivity index (χ3v) is 5.11. The van der Waals surface area contributed by atoms with E-state index in [0.717, 1.165) is 34.9 Å². The van der Waals surface area contributed by atoms with Crippen LogP contribution in [0.1, 0.15) is 36.5 Å². The predicted molar refractivity (Wildman–Crippen MR) is 88.9 cm³/mol. The van der Waals surface area contributed by atoms with E-state index >= 15 is 0 Å². The number of hydrogen-bond acceptors (Lipinski definition) is 4. The number of carbonyl (C=O) groups excluding carboxylic acids is 2. The van der Waals surface area contributed by atoms with Gasteiger partial charge in [0.25, 0.3) is 5.91 Å². The highest BCUT2D eigenvalue weighted by Crippen LogP contribution is 2.30. The van der Waals surface area contributed by atoms with E-state index in [1.165, 1.54) is 24.3 Å². The van der Waals surface area contributed by atoms with Gasteiger partial charge in [0.05, 0.1) is 17.2 Å². The Bertz CT molecular complexity index is 839. The first-order chi connectivity index (χ1) is 11.8. The first-order valence-corrected chi connectivity index (χ1v) is 8.76. The zero-order chi connectivity index (χ0) is 18.2. The lowest BCUT2D eigenvalue weighted by Gasteiger charge is -2.22. The molecule has 1 aliphatic heterocycles. The van der Waals surface area contributed by atoms with Crippen LogP contribution < -0.4 is 5.32 Å². The van der Waals surface area contributed by atoms with Crippen LogP contribution in [0.3, 0.4) is 0 Å². The van der Waals surface area contributed by atoms with Gasteiger partial charge in [-0.25, -0.2) is 18.6 Å². The van der Waals surface area contributed by atoms with Crippen LogP contribution in [0.5, 0.6) is 0 Å². The molecule has 5 nitrogen and oxygen atoms in total. The number of halogens is 2. The Balaban J connectivity index is 1.84. The fraction of sp³-hybridized carbons (Fsp3) is 0.353. The Hall–Kier alpha value is -2.35. The van der Waals surface area contributed by atoms with Gasteiger partial charge in [0.2, 0.25) is 0 Å². The minimum Gasteiger partial charge on any atom is -0.319 e. The molecule has 3 rings (SSSR count). The number of rotatable bonds is 5. The highest BCUT2D eigenvalue weighted by molar-refractivity contribution is 7.09. The maximum atomic E-state index is 13.5. The molecule has 0 unspecified atom stereocenters. The van der Waals surface area contributed by atoms with Crippen molar-refractivity contribution in [3.63, 3.8) is 0 Å². The number of nitrogens with one attached hydrogen (secondary N) is 1.